The predicted molar refractivity (Wildman–Crippen MR) is 81.0 cm³/mol. The maximum absolute atomic E-state index is 5.63. The van der Waals surface area contributed by atoms with Gasteiger partial charge in [0.15, 0.2) is 11.5 Å². The van der Waals surface area contributed by atoms with Crippen molar-refractivity contribution in [3.05, 3.63) is 34.8 Å². The van der Waals surface area contributed by atoms with Crippen molar-refractivity contribution in [2.24, 2.45) is 0 Å². The molecular weight excluding hydrogens is 318 g/mol. The molecule has 18 heavy (non-hydrogen) atoms. The number of nitrogens with one attached hydrogen (secondary N) is 1. The molecule has 5 heteroatoms. The van der Waals surface area contributed by atoms with Crippen LogP contribution in [-0.4, -0.2) is 20.3 Å². The number of halogens is 2. The van der Waals surface area contributed by atoms with Crippen LogP contribution in [0.3, 0.4) is 0 Å². The molecule has 3 nitrogen and oxygen atoms in total. The summed E-state index contributed by atoms with van der Waals surface area (Å²) < 4.78 is 11.9. The van der Waals surface area contributed by atoms with Crippen LogP contribution in [0, 0.1) is 0 Å². The molecule has 0 aliphatic carbocycles. The van der Waals surface area contributed by atoms with Gasteiger partial charge in [0.1, 0.15) is 0 Å². The fourth-order valence-corrected chi connectivity index (χ4v) is 2.01. The SMILES string of the molecule is C=CCNCc1cc(Br)cc(OC)c1OCC.Cl. The molecule has 0 fully saturated rings. The molecule has 0 atom stereocenters. The summed E-state index contributed by atoms with van der Waals surface area (Å²) in [5.41, 5.74) is 1.07. The largest absolute Gasteiger partial charge is 0.493 e. The Morgan fingerprint density at radius 3 is 2.72 bits per heavy atom. The first kappa shape index (κ1) is 17.3. The average Bonchev–Trinajstić information content (AvgIpc) is 2.32. The monoisotopic (exact) mass is 335 g/mol. The second-order valence-electron chi connectivity index (χ2n) is 3.45. The fourth-order valence-electron chi connectivity index (χ4n) is 1.52. The lowest BCUT2D eigenvalue weighted by atomic mass is 10.2. The molecular formula is C13H19BrClNO2. The molecule has 0 saturated heterocycles. The molecule has 102 valence electrons. The second kappa shape index (κ2) is 9.25. The Kier molecular flexibility index (Phi) is 8.89. The number of methoxy groups -OCH3 is 1. The maximum Gasteiger partial charge on any atom is 0.165 e. The van der Waals surface area contributed by atoms with Crippen molar-refractivity contribution in [3.63, 3.8) is 0 Å². The van der Waals surface area contributed by atoms with Crippen LogP contribution >= 0.6 is 28.3 Å². The molecule has 0 aliphatic rings. The molecule has 0 amide bonds. The molecule has 0 aromatic heterocycles. The summed E-state index contributed by atoms with van der Waals surface area (Å²) in [5.74, 6) is 1.55. The van der Waals surface area contributed by atoms with Crippen LogP contribution < -0.4 is 14.8 Å². The molecule has 0 radical (unpaired) electrons. The zero-order valence-corrected chi connectivity index (χ0v) is 13.1. The molecule has 0 bridgehead atoms. The summed E-state index contributed by atoms with van der Waals surface area (Å²) in [5, 5.41) is 3.25. The molecule has 0 unspecified atom stereocenters. The Bertz CT molecular complexity index is 385. The zero-order valence-electron chi connectivity index (χ0n) is 10.7. The smallest absolute Gasteiger partial charge is 0.165 e. The van der Waals surface area contributed by atoms with Crippen LogP contribution in [0.4, 0.5) is 0 Å². The van der Waals surface area contributed by atoms with Crippen LogP contribution in [0.2, 0.25) is 0 Å². The number of hydrogen-bond donors (Lipinski definition) is 1. The third-order valence-corrected chi connectivity index (χ3v) is 2.67. The Morgan fingerprint density at radius 2 is 2.17 bits per heavy atom. The summed E-state index contributed by atoms with van der Waals surface area (Å²) in [7, 11) is 1.64. The number of hydrogen-bond acceptors (Lipinski definition) is 3. The average molecular weight is 337 g/mol. The highest BCUT2D eigenvalue weighted by molar-refractivity contribution is 9.10. The lowest BCUT2D eigenvalue weighted by Gasteiger charge is -2.15. The van der Waals surface area contributed by atoms with Gasteiger partial charge in [0.2, 0.25) is 0 Å². The summed E-state index contributed by atoms with van der Waals surface area (Å²) in [6.45, 7) is 7.74. The Balaban J connectivity index is 0.00000289. The zero-order chi connectivity index (χ0) is 12.7. The van der Waals surface area contributed by atoms with Crippen LogP contribution in [-0.2, 0) is 6.54 Å². The van der Waals surface area contributed by atoms with Crippen LogP contribution in [0.25, 0.3) is 0 Å². The van der Waals surface area contributed by atoms with Crippen molar-refractivity contribution in [1.29, 1.82) is 0 Å². The second-order valence-corrected chi connectivity index (χ2v) is 4.36. The molecule has 0 aliphatic heterocycles. The van der Waals surface area contributed by atoms with Gasteiger partial charge in [-0.15, -0.1) is 19.0 Å². The Hall–Kier alpha value is -0.710. The summed E-state index contributed by atoms with van der Waals surface area (Å²) in [4.78, 5) is 0. The number of ether oxygens (including phenoxy) is 2. The van der Waals surface area contributed by atoms with Gasteiger partial charge in [0.25, 0.3) is 0 Å². The summed E-state index contributed by atoms with van der Waals surface area (Å²) in [6.07, 6.45) is 1.83. The van der Waals surface area contributed by atoms with E-state index >= 15 is 0 Å². The van der Waals surface area contributed by atoms with Gasteiger partial charge >= 0.3 is 0 Å². The van der Waals surface area contributed by atoms with Crippen molar-refractivity contribution >= 4 is 28.3 Å². The highest BCUT2D eigenvalue weighted by Gasteiger charge is 2.11. The molecule has 0 saturated carbocycles. The third-order valence-electron chi connectivity index (χ3n) is 2.21. The van der Waals surface area contributed by atoms with Crippen molar-refractivity contribution in [1.82, 2.24) is 5.32 Å². The lowest BCUT2D eigenvalue weighted by molar-refractivity contribution is 0.306. The lowest BCUT2D eigenvalue weighted by Crippen LogP contribution is -2.14. The van der Waals surface area contributed by atoms with E-state index in [1.165, 1.54) is 0 Å². The first-order valence-corrected chi connectivity index (χ1v) is 6.33. The number of benzene rings is 1. The molecule has 1 N–H and O–H groups in total. The van der Waals surface area contributed by atoms with E-state index in [-0.39, 0.29) is 12.4 Å². The summed E-state index contributed by atoms with van der Waals surface area (Å²) in [6, 6.07) is 3.94. The van der Waals surface area contributed by atoms with E-state index in [2.05, 4.69) is 27.8 Å². The minimum absolute atomic E-state index is 0. The fraction of sp³-hybridized carbons (Fsp3) is 0.385. The minimum atomic E-state index is 0. The third kappa shape index (κ3) is 4.88. The van der Waals surface area contributed by atoms with Gasteiger partial charge in [0, 0.05) is 23.1 Å². The highest BCUT2D eigenvalue weighted by atomic mass is 79.9. The van der Waals surface area contributed by atoms with E-state index in [1.807, 2.05) is 25.1 Å². The molecule has 1 aromatic rings. The van der Waals surface area contributed by atoms with Gasteiger partial charge in [-0.1, -0.05) is 22.0 Å². The normalized spacial score (nSPS) is 9.50. The maximum atomic E-state index is 5.63. The first-order valence-electron chi connectivity index (χ1n) is 5.53. The van der Waals surface area contributed by atoms with E-state index in [1.54, 1.807) is 7.11 Å². The van der Waals surface area contributed by atoms with Gasteiger partial charge in [-0.3, -0.25) is 0 Å². The predicted octanol–water partition coefficient (Wildman–Crippen LogP) is 3.55. The topological polar surface area (TPSA) is 30.5 Å². The van der Waals surface area contributed by atoms with Crippen molar-refractivity contribution in [3.8, 4) is 11.5 Å². The van der Waals surface area contributed by atoms with Crippen molar-refractivity contribution in [2.75, 3.05) is 20.3 Å². The van der Waals surface area contributed by atoms with Gasteiger partial charge in [0.05, 0.1) is 13.7 Å². The van der Waals surface area contributed by atoms with Gasteiger partial charge in [-0.05, 0) is 19.1 Å². The molecule has 0 spiro atoms. The van der Waals surface area contributed by atoms with Crippen LogP contribution in [0.15, 0.2) is 29.3 Å². The van der Waals surface area contributed by atoms with Gasteiger partial charge < -0.3 is 14.8 Å². The molecule has 0 heterocycles. The molecule has 1 rings (SSSR count). The van der Waals surface area contributed by atoms with E-state index in [0.29, 0.717) is 6.61 Å². The summed E-state index contributed by atoms with van der Waals surface area (Å²) >= 11 is 3.46. The Labute approximate surface area is 123 Å². The van der Waals surface area contributed by atoms with E-state index in [0.717, 1.165) is 34.6 Å². The minimum Gasteiger partial charge on any atom is -0.493 e. The van der Waals surface area contributed by atoms with Gasteiger partial charge in [-0.25, -0.2) is 0 Å². The number of rotatable bonds is 7. The standard InChI is InChI=1S/C13H18BrNO2.ClH/c1-4-6-15-9-10-7-11(14)8-12(16-3)13(10)17-5-2;/h4,7-8,15H,1,5-6,9H2,2-3H3;1H. The highest BCUT2D eigenvalue weighted by Crippen LogP contribution is 2.34. The molecule has 1 aromatic carbocycles. The van der Waals surface area contributed by atoms with Crippen molar-refractivity contribution < 1.29 is 9.47 Å². The van der Waals surface area contributed by atoms with Crippen LogP contribution in [0.5, 0.6) is 11.5 Å². The van der Waals surface area contributed by atoms with Crippen molar-refractivity contribution in [2.45, 2.75) is 13.5 Å². The van der Waals surface area contributed by atoms with Gasteiger partial charge in [-0.2, -0.15) is 0 Å². The van der Waals surface area contributed by atoms with Crippen LogP contribution in [0.1, 0.15) is 12.5 Å². The van der Waals surface area contributed by atoms with E-state index in [4.69, 9.17) is 9.47 Å². The quantitative estimate of drug-likeness (QED) is 0.610. The van der Waals surface area contributed by atoms with E-state index in [9.17, 15) is 0 Å². The first-order chi connectivity index (χ1) is 8.22. The van der Waals surface area contributed by atoms with E-state index < -0.39 is 0 Å². The Morgan fingerprint density at radius 1 is 1.44 bits per heavy atom.